The molecule has 0 spiro atoms. The van der Waals surface area contributed by atoms with Gasteiger partial charge >= 0.3 is 0 Å². The van der Waals surface area contributed by atoms with E-state index in [0.717, 1.165) is 13.2 Å². The summed E-state index contributed by atoms with van der Waals surface area (Å²) in [6.07, 6.45) is 0.284. The molecule has 0 aromatic heterocycles. The third-order valence-electron chi connectivity index (χ3n) is 2.72. The lowest BCUT2D eigenvalue weighted by atomic mass is 10.1. The molecule has 0 radical (unpaired) electrons. The molecule has 0 amide bonds. The number of ether oxygens (including phenoxy) is 1. The van der Waals surface area contributed by atoms with Crippen LogP contribution >= 0.6 is 0 Å². The third-order valence-corrected chi connectivity index (χ3v) is 2.72. The smallest absolute Gasteiger partial charge is 0.0644 e. The highest BCUT2D eigenvalue weighted by Gasteiger charge is 2.09. The quantitative estimate of drug-likeness (QED) is 0.825. The number of para-hydroxylation sites is 1. The van der Waals surface area contributed by atoms with Gasteiger partial charge in [0.15, 0.2) is 0 Å². The van der Waals surface area contributed by atoms with Crippen LogP contribution in [0.5, 0.6) is 0 Å². The van der Waals surface area contributed by atoms with Crippen LogP contribution in [0.25, 0.3) is 0 Å². The number of anilines is 1. The lowest BCUT2D eigenvalue weighted by molar-refractivity contribution is 0.0846. The fourth-order valence-corrected chi connectivity index (χ4v) is 1.77. The molecule has 0 saturated heterocycles. The molecule has 0 aliphatic carbocycles. The summed E-state index contributed by atoms with van der Waals surface area (Å²) in [6.45, 7) is 7.73. The van der Waals surface area contributed by atoms with E-state index in [1.165, 1.54) is 11.3 Å². The monoisotopic (exact) mass is 236 g/mol. The van der Waals surface area contributed by atoms with Gasteiger partial charge in [-0.25, -0.2) is 0 Å². The summed E-state index contributed by atoms with van der Waals surface area (Å²) in [5, 5.41) is 0. The number of likely N-dealkylation sites (N-methyl/N-ethyl adjacent to an activating group) is 1. The molecule has 0 heterocycles. The van der Waals surface area contributed by atoms with Gasteiger partial charge in [0.1, 0.15) is 0 Å². The van der Waals surface area contributed by atoms with E-state index < -0.39 is 0 Å². The highest BCUT2D eigenvalue weighted by atomic mass is 16.5. The molecule has 3 nitrogen and oxygen atoms in total. The minimum absolute atomic E-state index is 0.0552. The zero-order chi connectivity index (χ0) is 12.8. The number of rotatable bonds is 6. The maximum absolute atomic E-state index is 5.97. The topological polar surface area (TPSA) is 38.5 Å². The Bertz CT molecular complexity index is 337. The lowest BCUT2D eigenvalue weighted by Gasteiger charge is -2.24. The van der Waals surface area contributed by atoms with Crippen molar-refractivity contribution >= 4 is 5.69 Å². The van der Waals surface area contributed by atoms with E-state index in [0.29, 0.717) is 0 Å². The lowest BCUT2D eigenvalue weighted by Crippen LogP contribution is -2.25. The molecule has 0 bridgehead atoms. The summed E-state index contributed by atoms with van der Waals surface area (Å²) in [5.74, 6) is 0. The van der Waals surface area contributed by atoms with Gasteiger partial charge in [0, 0.05) is 25.3 Å². The number of benzene rings is 1. The second-order valence-corrected chi connectivity index (χ2v) is 4.69. The van der Waals surface area contributed by atoms with E-state index in [9.17, 15) is 0 Å². The van der Waals surface area contributed by atoms with Gasteiger partial charge in [0.25, 0.3) is 0 Å². The molecule has 1 atom stereocenters. The molecule has 3 heteroatoms. The minimum atomic E-state index is 0.0552. The average molecular weight is 236 g/mol. The van der Waals surface area contributed by atoms with E-state index in [1.54, 1.807) is 0 Å². The standard InChI is InChI=1S/C14H24N2O/c1-11(2)17-10-9-16(4)14-8-6-5-7-13(14)12(3)15/h5-8,11-12H,9-10,15H2,1-4H3. The molecule has 1 aromatic rings. The molecule has 0 fully saturated rings. The van der Waals surface area contributed by atoms with Crippen molar-refractivity contribution in [3.63, 3.8) is 0 Å². The molecule has 96 valence electrons. The second-order valence-electron chi connectivity index (χ2n) is 4.69. The Morgan fingerprint density at radius 3 is 2.47 bits per heavy atom. The van der Waals surface area contributed by atoms with Gasteiger partial charge in [-0.3, -0.25) is 0 Å². The van der Waals surface area contributed by atoms with Gasteiger partial charge in [-0.15, -0.1) is 0 Å². The Morgan fingerprint density at radius 2 is 1.88 bits per heavy atom. The van der Waals surface area contributed by atoms with Crippen LogP contribution in [0.15, 0.2) is 24.3 Å². The Morgan fingerprint density at radius 1 is 1.24 bits per heavy atom. The molecular weight excluding hydrogens is 212 g/mol. The third kappa shape index (κ3) is 4.36. The summed E-state index contributed by atoms with van der Waals surface area (Å²) in [6, 6.07) is 8.31. The van der Waals surface area contributed by atoms with Gasteiger partial charge in [-0.05, 0) is 32.4 Å². The fourth-order valence-electron chi connectivity index (χ4n) is 1.77. The van der Waals surface area contributed by atoms with Crippen LogP contribution in [0, 0.1) is 0 Å². The number of hydrogen-bond donors (Lipinski definition) is 1. The molecule has 0 aliphatic heterocycles. The highest BCUT2D eigenvalue weighted by molar-refractivity contribution is 5.54. The van der Waals surface area contributed by atoms with Crippen molar-refractivity contribution in [1.82, 2.24) is 0 Å². The molecule has 1 aromatic carbocycles. The predicted octanol–water partition coefficient (Wildman–Crippen LogP) is 2.57. The summed E-state index contributed by atoms with van der Waals surface area (Å²) in [7, 11) is 2.07. The zero-order valence-electron chi connectivity index (χ0n) is 11.3. The van der Waals surface area contributed by atoms with Crippen LogP contribution in [0.2, 0.25) is 0 Å². The van der Waals surface area contributed by atoms with E-state index in [-0.39, 0.29) is 12.1 Å². The largest absolute Gasteiger partial charge is 0.377 e. The maximum atomic E-state index is 5.97. The second kappa shape index (κ2) is 6.62. The Labute approximate surface area is 105 Å². The van der Waals surface area contributed by atoms with Crippen LogP contribution in [0.3, 0.4) is 0 Å². The van der Waals surface area contributed by atoms with Crippen LogP contribution in [-0.4, -0.2) is 26.3 Å². The first-order valence-corrected chi connectivity index (χ1v) is 6.19. The molecular formula is C14H24N2O. The van der Waals surface area contributed by atoms with Gasteiger partial charge in [0.2, 0.25) is 0 Å². The minimum Gasteiger partial charge on any atom is -0.377 e. The van der Waals surface area contributed by atoms with Gasteiger partial charge < -0.3 is 15.4 Å². The summed E-state index contributed by atoms with van der Waals surface area (Å²) in [5.41, 5.74) is 8.34. The molecule has 1 rings (SSSR count). The SMILES string of the molecule is CC(C)OCCN(C)c1ccccc1C(C)N. The summed E-state index contributed by atoms with van der Waals surface area (Å²) in [4.78, 5) is 2.20. The van der Waals surface area contributed by atoms with Crippen molar-refractivity contribution in [2.24, 2.45) is 5.73 Å². The number of nitrogens with zero attached hydrogens (tertiary/aromatic N) is 1. The van der Waals surface area contributed by atoms with Gasteiger partial charge in [-0.2, -0.15) is 0 Å². The number of nitrogens with two attached hydrogens (primary N) is 1. The van der Waals surface area contributed by atoms with Gasteiger partial charge in [0.05, 0.1) is 12.7 Å². The fraction of sp³-hybridized carbons (Fsp3) is 0.571. The van der Waals surface area contributed by atoms with E-state index in [1.807, 2.05) is 19.1 Å². The van der Waals surface area contributed by atoms with Gasteiger partial charge in [-0.1, -0.05) is 18.2 Å². The van der Waals surface area contributed by atoms with Crippen molar-refractivity contribution in [3.8, 4) is 0 Å². The van der Waals surface area contributed by atoms with E-state index >= 15 is 0 Å². The number of hydrogen-bond acceptors (Lipinski definition) is 3. The molecule has 2 N–H and O–H groups in total. The predicted molar refractivity (Wildman–Crippen MR) is 73.4 cm³/mol. The Hall–Kier alpha value is -1.06. The van der Waals surface area contributed by atoms with Crippen LogP contribution < -0.4 is 10.6 Å². The first-order valence-electron chi connectivity index (χ1n) is 6.19. The van der Waals surface area contributed by atoms with E-state index in [4.69, 9.17) is 10.5 Å². The highest BCUT2D eigenvalue weighted by Crippen LogP contribution is 2.23. The zero-order valence-corrected chi connectivity index (χ0v) is 11.3. The van der Waals surface area contributed by atoms with Crippen molar-refractivity contribution in [2.45, 2.75) is 32.9 Å². The average Bonchev–Trinajstić information content (AvgIpc) is 2.28. The van der Waals surface area contributed by atoms with Crippen LogP contribution in [-0.2, 0) is 4.74 Å². The first-order chi connectivity index (χ1) is 8.02. The molecule has 0 saturated carbocycles. The molecule has 1 unspecified atom stereocenters. The molecule has 17 heavy (non-hydrogen) atoms. The normalized spacial score (nSPS) is 12.8. The van der Waals surface area contributed by atoms with Crippen molar-refractivity contribution in [1.29, 1.82) is 0 Å². The van der Waals surface area contributed by atoms with Crippen LogP contribution in [0.1, 0.15) is 32.4 Å². The summed E-state index contributed by atoms with van der Waals surface area (Å²) < 4.78 is 5.56. The molecule has 0 aliphatic rings. The Kier molecular flexibility index (Phi) is 5.45. The van der Waals surface area contributed by atoms with Crippen molar-refractivity contribution in [3.05, 3.63) is 29.8 Å². The Balaban J connectivity index is 2.65. The maximum Gasteiger partial charge on any atom is 0.0644 e. The van der Waals surface area contributed by atoms with E-state index in [2.05, 4.69) is 37.9 Å². The van der Waals surface area contributed by atoms with Crippen LogP contribution in [0.4, 0.5) is 5.69 Å². The van der Waals surface area contributed by atoms with Crippen molar-refractivity contribution in [2.75, 3.05) is 25.1 Å². The first kappa shape index (κ1) is 14.0. The van der Waals surface area contributed by atoms with Crippen molar-refractivity contribution < 1.29 is 4.74 Å². The summed E-state index contributed by atoms with van der Waals surface area (Å²) >= 11 is 0.